The molecule has 26 heavy (non-hydrogen) atoms. The predicted octanol–water partition coefficient (Wildman–Crippen LogP) is 2.72. The highest BCUT2D eigenvalue weighted by Gasteiger charge is 2.43. The first kappa shape index (κ1) is 17.2. The van der Waals surface area contributed by atoms with Crippen LogP contribution in [0.15, 0.2) is 42.7 Å². The van der Waals surface area contributed by atoms with Crippen molar-refractivity contribution in [3.8, 4) is 5.75 Å². The number of likely N-dealkylation sites (tertiary alicyclic amines) is 1. The monoisotopic (exact) mass is 354 g/mol. The van der Waals surface area contributed by atoms with E-state index in [9.17, 15) is 0 Å². The third kappa shape index (κ3) is 3.97. The summed E-state index contributed by atoms with van der Waals surface area (Å²) in [5.74, 6) is 1.59. The molecule has 1 spiro atoms. The van der Waals surface area contributed by atoms with Crippen LogP contribution in [-0.4, -0.2) is 53.3 Å². The summed E-state index contributed by atoms with van der Waals surface area (Å²) in [4.78, 5) is 11.0. The Balaban J connectivity index is 1.35. The molecule has 2 saturated heterocycles. The maximum absolute atomic E-state index is 6.29. The molecule has 2 aromatic rings. The van der Waals surface area contributed by atoms with Crippen molar-refractivity contribution in [1.29, 1.82) is 0 Å². The van der Waals surface area contributed by atoms with Crippen LogP contribution >= 0.6 is 0 Å². The van der Waals surface area contributed by atoms with Crippen molar-refractivity contribution in [2.24, 2.45) is 0 Å². The summed E-state index contributed by atoms with van der Waals surface area (Å²) in [5, 5.41) is 3.41. The van der Waals surface area contributed by atoms with Crippen LogP contribution in [0.25, 0.3) is 0 Å². The Kier molecular flexibility index (Phi) is 5.04. The van der Waals surface area contributed by atoms with E-state index in [4.69, 9.17) is 9.47 Å². The average molecular weight is 354 g/mol. The second kappa shape index (κ2) is 7.60. The van der Waals surface area contributed by atoms with Crippen LogP contribution in [0.5, 0.6) is 5.75 Å². The minimum atomic E-state index is -0.0445. The van der Waals surface area contributed by atoms with E-state index in [2.05, 4.69) is 32.3 Å². The third-order valence-electron chi connectivity index (χ3n) is 5.29. The number of ether oxygens (including phenoxy) is 2. The second-order valence-electron chi connectivity index (χ2n) is 7.27. The van der Waals surface area contributed by atoms with Crippen molar-refractivity contribution in [1.82, 2.24) is 14.9 Å². The van der Waals surface area contributed by atoms with Crippen LogP contribution in [0.2, 0.25) is 0 Å². The molecule has 2 aliphatic heterocycles. The fourth-order valence-electron chi connectivity index (χ4n) is 4.09. The summed E-state index contributed by atoms with van der Waals surface area (Å²) in [6.07, 6.45) is 6.82. The summed E-state index contributed by atoms with van der Waals surface area (Å²) < 4.78 is 11.5. The van der Waals surface area contributed by atoms with Gasteiger partial charge >= 0.3 is 0 Å². The smallest absolute Gasteiger partial charge is 0.222 e. The van der Waals surface area contributed by atoms with Crippen molar-refractivity contribution in [2.75, 3.05) is 32.1 Å². The molecule has 2 atom stereocenters. The molecule has 0 radical (unpaired) electrons. The molecule has 4 rings (SSSR count). The Hall–Kier alpha value is -2.18. The van der Waals surface area contributed by atoms with Crippen LogP contribution in [0.4, 0.5) is 5.95 Å². The molecule has 0 amide bonds. The molecule has 3 heterocycles. The number of nitrogens with one attached hydrogen (secondary N) is 1. The lowest BCUT2D eigenvalue weighted by Gasteiger charge is -2.39. The fraction of sp³-hybridized carbons (Fsp3) is 0.500. The number of piperidine rings is 1. The van der Waals surface area contributed by atoms with E-state index >= 15 is 0 Å². The van der Waals surface area contributed by atoms with Crippen LogP contribution in [0, 0.1) is 0 Å². The molecule has 138 valence electrons. The van der Waals surface area contributed by atoms with E-state index in [-0.39, 0.29) is 11.6 Å². The molecule has 1 aromatic carbocycles. The average Bonchev–Trinajstić information content (AvgIpc) is 3.05. The topological polar surface area (TPSA) is 59.5 Å². The van der Waals surface area contributed by atoms with Gasteiger partial charge in [0.05, 0.1) is 25.4 Å². The number of anilines is 1. The Bertz CT molecular complexity index is 710. The summed E-state index contributed by atoms with van der Waals surface area (Å²) in [7, 11) is 1.70. The molecule has 1 N–H and O–H groups in total. The first-order chi connectivity index (χ1) is 12.7. The molecular weight excluding hydrogens is 328 g/mol. The lowest BCUT2D eigenvalue weighted by Crippen LogP contribution is -2.47. The van der Waals surface area contributed by atoms with Crippen LogP contribution in [0.3, 0.4) is 0 Å². The predicted molar refractivity (Wildman–Crippen MR) is 100 cm³/mol. The summed E-state index contributed by atoms with van der Waals surface area (Å²) in [6.45, 7) is 3.77. The molecule has 2 fully saturated rings. The molecular formula is C20H26N4O2. The number of nitrogens with zero attached hydrogens (tertiary/aromatic N) is 3. The highest BCUT2D eigenvalue weighted by molar-refractivity contribution is 5.27. The highest BCUT2D eigenvalue weighted by atomic mass is 16.5. The number of hydrogen-bond acceptors (Lipinski definition) is 6. The number of hydrogen-bond donors (Lipinski definition) is 1. The van der Waals surface area contributed by atoms with Crippen molar-refractivity contribution in [2.45, 2.75) is 37.5 Å². The molecule has 0 aliphatic carbocycles. The zero-order valence-corrected chi connectivity index (χ0v) is 15.2. The van der Waals surface area contributed by atoms with Crippen LogP contribution in [-0.2, 0) is 11.3 Å². The van der Waals surface area contributed by atoms with Gasteiger partial charge in [0.15, 0.2) is 0 Å². The van der Waals surface area contributed by atoms with Gasteiger partial charge in [0.2, 0.25) is 5.95 Å². The van der Waals surface area contributed by atoms with E-state index in [1.54, 1.807) is 19.5 Å². The quantitative estimate of drug-likeness (QED) is 0.891. The SMILES string of the molecule is COc1ccc(CN2CCC[C@]3(C[C@H](Nc4ncccn4)CO3)C2)cc1. The van der Waals surface area contributed by atoms with Gasteiger partial charge in [0.25, 0.3) is 0 Å². The lowest BCUT2D eigenvalue weighted by molar-refractivity contribution is -0.0533. The number of aromatic nitrogens is 2. The molecule has 1 aromatic heterocycles. The highest BCUT2D eigenvalue weighted by Crippen LogP contribution is 2.36. The lowest BCUT2D eigenvalue weighted by atomic mass is 9.88. The summed E-state index contributed by atoms with van der Waals surface area (Å²) in [6, 6.07) is 10.5. The minimum absolute atomic E-state index is 0.0445. The number of benzene rings is 1. The summed E-state index contributed by atoms with van der Waals surface area (Å²) in [5.41, 5.74) is 1.27. The Morgan fingerprint density at radius 2 is 2.08 bits per heavy atom. The standard InChI is InChI=1S/C20H26N4O2/c1-25-18-6-4-16(5-7-18)13-24-11-2-8-20(15-24)12-17(14-26-20)23-19-21-9-3-10-22-19/h3-7,9-10,17H,2,8,11-15H2,1H3,(H,21,22,23)/t17-,20-/m0/s1. The first-order valence-electron chi connectivity index (χ1n) is 9.27. The van der Waals surface area contributed by atoms with Crippen LogP contribution in [0.1, 0.15) is 24.8 Å². The second-order valence-corrected chi connectivity index (χ2v) is 7.27. The maximum Gasteiger partial charge on any atom is 0.222 e. The van der Waals surface area contributed by atoms with Gasteiger partial charge in [-0.25, -0.2) is 9.97 Å². The normalized spacial score (nSPS) is 26.1. The number of rotatable bonds is 5. The molecule has 0 bridgehead atoms. The van der Waals surface area contributed by atoms with Gasteiger partial charge in [-0.15, -0.1) is 0 Å². The Morgan fingerprint density at radius 1 is 1.27 bits per heavy atom. The van der Waals surface area contributed by atoms with E-state index in [0.717, 1.165) is 38.2 Å². The van der Waals surface area contributed by atoms with E-state index in [1.165, 1.54) is 12.0 Å². The van der Waals surface area contributed by atoms with Crippen molar-refractivity contribution < 1.29 is 9.47 Å². The van der Waals surface area contributed by atoms with Crippen LogP contribution < -0.4 is 10.1 Å². The van der Waals surface area contributed by atoms with E-state index < -0.39 is 0 Å². The molecule has 0 unspecified atom stereocenters. The molecule has 2 aliphatic rings. The van der Waals surface area contributed by atoms with E-state index in [0.29, 0.717) is 12.6 Å². The van der Waals surface area contributed by atoms with Gasteiger partial charge in [0, 0.05) is 31.9 Å². The summed E-state index contributed by atoms with van der Waals surface area (Å²) >= 11 is 0. The number of methoxy groups -OCH3 is 1. The van der Waals surface area contributed by atoms with Crippen molar-refractivity contribution in [3.05, 3.63) is 48.3 Å². The van der Waals surface area contributed by atoms with Gasteiger partial charge in [-0.05, 0) is 43.1 Å². The Morgan fingerprint density at radius 3 is 2.85 bits per heavy atom. The van der Waals surface area contributed by atoms with E-state index in [1.807, 2.05) is 18.2 Å². The zero-order chi connectivity index (χ0) is 17.8. The first-order valence-corrected chi connectivity index (χ1v) is 9.27. The molecule has 6 heteroatoms. The van der Waals surface area contributed by atoms with Gasteiger partial charge in [-0.2, -0.15) is 0 Å². The van der Waals surface area contributed by atoms with Gasteiger partial charge in [0.1, 0.15) is 5.75 Å². The van der Waals surface area contributed by atoms with Gasteiger partial charge in [-0.1, -0.05) is 12.1 Å². The molecule has 0 saturated carbocycles. The third-order valence-corrected chi connectivity index (χ3v) is 5.29. The van der Waals surface area contributed by atoms with Crippen molar-refractivity contribution in [3.63, 3.8) is 0 Å². The maximum atomic E-state index is 6.29. The van der Waals surface area contributed by atoms with Gasteiger partial charge < -0.3 is 14.8 Å². The zero-order valence-electron chi connectivity index (χ0n) is 15.2. The fourth-order valence-corrected chi connectivity index (χ4v) is 4.09. The molecule has 6 nitrogen and oxygen atoms in total. The largest absolute Gasteiger partial charge is 0.497 e. The van der Waals surface area contributed by atoms with Gasteiger partial charge in [-0.3, -0.25) is 4.90 Å². The minimum Gasteiger partial charge on any atom is -0.497 e. The Labute approximate surface area is 154 Å². The van der Waals surface area contributed by atoms with Crippen molar-refractivity contribution >= 4 is 5.95 Å².